The van der Waals surface area contributed by atoms with Crippen LogP contribution in [-0.2, 0) is 19.1 Å². The molecule has 0 unspecified atom stereocenters. The van der Waals surface area contributed by atoms with Gasteiger partial charge in [-0.2, -0.15) is 0 Å². The minimum atomic E-state index is -1.14. The van der Waals surface area contributed by atoms with Crippen molar-refractivity contribution in [1.29, 1.82) is 0 Å². The van der Waals surface area contributed by atoms with Crippen LogP contribution in [0.4, 0.5) is 0 Å². The van der Waals surface area contributed by atoms with Gasteiger partial charge in [0.25, 0.3) is 0 Å². The zero-order chi connectivity index (χ0) is 31.6. The van der Waals surface area contributed by atoms with Crippen molar-refractivity contribution in [2.75, 3.05) is 20.8 Å². The SMILES string of the molecule is COC(=O)[C@@]12C[C@@H]1/C=C\CCCCC[C@H](N)C(=O)N1C[C@H](Oc3cc(-c4ccccc4)nc4cc(OC)ccc34)C[C@H]1C(=O)N2. The lowest BCUT2D eigenvalue weighted by Crippen LogP contribution is -2.55. The average molecular weight is 613 g/mol. The second-order valence-corrected chi connectivity index (χ2v) is 12.2. The second kappa shape index (κ2) is 12.9. The first-order chi connectivity index (χ1) is 21.8. The van der Waals surface area contributed by atoms with Gasteiger partial charge in [-0.3, -0.25) is 9.59 Å². The van der Waals surface area contributed by atoms with Crippen LogP contribution in [0.2, 0.25) is 0 Å². The van der Waals surface area contributed by atoms with Gasteiger partial charge in [0.1, 0.15) is 29.2 Å². The van der Waals surface area contributed by atoms with Crippen LogP contribution in [0.25, 0.3) is 22.2 Å². The number of hydrogen-bond acceptors (Lipinski definition) is 8. The standard InChI is InChI=1S/C35H40N4O6/c1-43-24-15-16-26-29(17-24)37-28(22-11-7-6-8-12-22)19-31(26)45-25-18-30-32(40)38-35(34(42)44-2)20-23(35)13-9-4-3-5-10-14-27(36)33(41)39(30)21-25/h6-9,11-13,15-17,19,23,25,27,30H,3-5,10,14,18,20-21,36H2,1-2H3,(H,38,40)/b13-9-/t23-,25+,27-,30-,35+/m0/s1. The summed E-state index contributed by atoms with van der Waals surface area (Å²) < 4.78 is 17.2. The van der Waals surface area contributed by atoms with Gasteiger partial charge in [0, 0.05) is 35.4 Å². The molecule has 5 atom stereocenters. The van der Waals surface area contributed by atoms with Crippen LogP contribution in [0.5, 0.6) is 11.5 Å². The van der Waals surface area contributed by atoms with E-state index in [1.54, 1.807) is 7.11 Å². The van der Waals surface area contributed by atoms with Gasteiger partial charge in [-0.05, 0) is 37.8 Å². The Morgan fingerprint density at radius 3 is 2.67 bits per heavy atom. The largest absolute Gasteiger partial charge is 0.497 e. The maximum atomic E-state index is 13.9. The molecule has 0 spiro atoms. The number of nitrogens with zero attached hydrogens (tertiary/aromatic N) is 2. The van der Waals surface area contributed by atoms with E-state index in [9.17, 15) is 14.4 Å². The van der Waals surface area contributed by atoms with Crippen molar-refractivity contribution in [2.45, 2.75) is 68.7 Å². The first-order valence-electron chi connectivity index (χ1n) is 15.7. The number of nitrogens with two attached hydrogens (primary N) is 1. The highest BCUT2D eigenvalue weighted by molar-refractivity contribution is 5.96. The monoisotopic (exact) mass is 612 g/mol. The Bertz CT molecular complexity index is 1610. The third-order valence-corrected chi connectivity index (χ3v) is 9.17. The highest BCUT2D eigenvalue weighted by atomic mass is 16.5. The number of carbonyl (C=O) groups is 3. The van der Waals surface area contributed by atoms with E-state index in [0.29, 0.717) is 29.9 Å². The van der Waals surface area contributed by atoms with Crippen LogP contribution in [0.15, 0.2) is 66.7 Å². The summed E-state index contributed by atoms with van der Waals surface area (Å²) in [5.41, 5.74) is 7.61. The van der Waals surface area contributed by atoms with Crippen molar-refractivity contribution in [3.05, 3.63) is 66.7 Å². The van der Waals surface area contributed by atoms with Gasteiger partial charge in [-0.15, -0.1) is 0 Å². The van der Waals surface area contributed by atoms with E-state index >= 15 is 0 Å². The fourth-order valence-electron chi connectivity index (χ4n) is 6.55. The third kappa shape index (κ3) is 6.24. The average Bonchev–Trinajstić information content (AvgIpc) is 3.59. The number of pyridine rings is 1. The van der Waals surface area contributed by atoms with Gasteiger partial charge in [0.15, 0.2) is 0 Å². The van der Waals surface area contributed by atoms with Crippen LogP contribution >= 0.6 is 0 Å². The van der Waals surface area contributed by atoms with E-state index in [-0.39, 0.29) is 24.8 Å². The number of carbonyl (C=O) groups excluding carboxylic acids is 3. The van der Waals surface area contributed by atoms with Gasteiger partial charge < -0.3 is 30.2 Å². The molecule has 1 aliphatic carbocycles. The normalized spacial score (nSPS) is 27.8. The molecule has 3 heterocycles. The van der Waals surface area contributed by atoms with Crippen molar-refractivity contribution in [3.8, 4) is 22.8 Å². The molecule has 236 valence electrons. The molecular formula is C35H40N4O6. The molecular weight excluding hydrogens is 572 g/mol. The highest BCUT2D eigenvalue weighted by Gasteiger charge is 2.62. The van der Waals surface area contributed by atoms with E-state index in [4.69, 9.17) is 24.9 Å². The quantitative estimate of drug-likeness (QED) is 0.324. The smallest absolute Gasteiger partial charge is 0.332 e. The van der Waals surface area contributed by atoms with E-state index in [1.165, 1.54) is 12.0 Å². The van der Waals surface area contributed by atoms with Gasteiger partial charge in [-0.1, -0.05) is 55.3 Å². The second-order valence-electron chi connectivity index (χ2n) is 12.2. The number of amides is 2. The van der Waals surface area contributed by atoms with E-state index in [0.717, 1.165) is 42.3 Å². The Morgan fingerprint density at radius 2 is 1.89 bits per heavy atom. The van der Waals surface area contributed by atoms with Crippen LogP contribution in [0, 0.1) is 5.92 Å². The third-order valence-electron chi connectivity index (χ3n) is 9.17. The molecule has 0 bridgehead atoms. The Hall–Kier alpha value is -4.44. The molecule has 0 radical (unpaired) electrons. The first-order valence-corrected chi connectivity index (χ1v) is 15.7. The summed E-state index contributed by atoms with van der Waals surface area (Å²) in [4.78, 5) is 46.9. The van der Waals surface area contributed by atoms with Crippen LogP contribution in [0.1, 0.15) is 44.9 Å². The fraction of sp³-hybridized carbons (Fsp3) is 0.429. The summed E-state index contributed by atoms with van der Waals surface area (Å²) >= 11 is 0. The number of methoxy groups -OCH3 is 2. The van der Waals surface area contributed by atoms with Crippen LogP contribution in [0.3, 0.4) is 0 Å². The molecule has 2 aliphatic heterocycles. The number of nitrogens with one attached hydrogen (secondary N) is 1. The van der Waals surface area contributed by atoms with Crippen molar-refractivity contribution in [1.82, 2.24) is 15.2 Å². The van der Waals surface area contributed by atoms with Crippen LogP contribution in [-0.4, -0.2) is 72.2 Å². The van der Waals surface area contributed by atoms with Crippen molar-refractivity contribution >= 4 is 28.7 Å². The number of ether oxygens (including phenoxy) is 3. The molecule has 3 aromatic rings. The lowest BCUT2D eigenvalue weighted by Gasteiger charge is -2.28. The molecule has 2 amide bonds. The highest BCUT2D eigenvalue weighted by Crippen LogP contribution is 2.46. The van der Waals surface area contributed by atoms with Crippen LogP contribution < -0.4 is 20.5 Å². The number of aromatic nitrogens is 1. The van der Waals surface area contributed by atoms with Gasteiger partial charge in [0.05, 0.1) is 38.0 Å². The molecule has 1 saturated carbocycles. The molecule has 45 heavy (non-hydrogen) atoms. The predicted molar refractivity (Wildman–Crippen MR) is 169 cm³/mol. The lowest BCUT2D eigenvalue weighted by molar-refractivity contribution is -0.148. The minimum absolute atomic E-state index is 0.157. The molecule has 2 fully saturated rings. The zero-order valence-electron chi connectivity index (χ0n) is 25.7. The number of hydrogen-bond donors (Lipinski definition) is 2. The maximum absolute atomic E-state index is 13.9. The number of allylic oxidation sites excluding steroid dienone is 1. The van der Waals surface area contributed by atoms with Crippen molar-refractivity contribution in [2.24, 2.45) is 11.7 Å². The van der Waals surface area contributed by atoms with Crippen molar-refractivity contribution < 1.29 is 28.6 Å². The van der Waals surface area contributed by atoms with Gasteiger partial charge >= 0.3 is 5.97 Å². The molecule has 6 rings (SSSR count). The van der Waals surface area contributed by atoms with Crippen molar-refractivity contribution in [3.63, 3.8) is 0 Å². The molecule has 1 aromatic heterocycles. The molecule has 3 N–H and O–H groups in total. The zero-order valence-corrected chi connectivity index (χ0v) is 25.7. The van der Waals surface area contributed by atoms with Gasteiger partial charge in [0.2, 0.25) is 11.8 Å². The molecule has 10 nitrogen and oxygen atoms in total. The summed E-state index contributed by atoms with van der Waals surface area (Å²) in [7, 11) is 2.93. The Balaban J connectivity index is 1.32. The lowest BCUT2D eigenvalue weighted by atomic mass is 10.1. The topological polar surface area (TPSA) is 133 Å². The minimum Gasteiger partial charge on any atom is -0.497 e. The first kappa shape index (κ1) is 30.6. The maximum Gasteiger partial charge on any atom is 0.332 e. The summed E-state index contributed by atoms with van der Waals surface area (Å²) in [6, 6.07) is 15.7. The van der Waals surface area contributed by atoms with E-state index in [2.05, 4.69) is 11.4 Å². The van der Waals surface area contributed by atoms with E-state index in [1.807, 2.05) is 60.7 Å². The van der Waals surface area contributed by atoms with Gasteiger partial charge in [-0.25, -0.2) is 9.78 Å². The number of fused-ring (bicyclic) bond motifs is 3. The molecule has 10 heteroatoms. The summed E-state index contributed by atoms with van der Waals surface area (Å²) in [6.07, 6.45) is 8.36. The number of rotatable bonds is 5. The molecule has 3 aliphatic rings. The molecule has 2 aromatic carbocycles. The number of benzene rings is 2. The Kier molecular flexibility index (Phi) is 8.76. The fourth-order valence-corrected chi connectivity index (χ4v) is 6.55. The Morgan fingerprint density at radius 1 is 1.07 bits per heavy atom. The Labute approximate surface area is 262 Å². The summed E-state index contributed by atoms with van der Waals surface area (Å²) in [5, 5.41) is 3.76. The van der Waals surface area contributed by atoms with E-state index < -0.39 is 35.6 Å². The predicted octanol–water partition coefficient (Wildman–Crippen LogP) is 4.15. The summed E-state index contributed by atoms with van der Waals surface area (Å²) in [5.74, 6) is -0.0836. The summed E-state index contributed by atoms with van der Waals surface area (Å²) in [6.45, 7) is 0.180. The molecule has 1 saturated heterocycles. The number of esters is 1.